The van der Waals surface area contributed by atoms with Gasteiger partial charge in [-0.1, -0.05) is 24.3 Å². The molecule has 0 spiro atoms. The molecule has 2 unspecified atom stereocenters. The molecule has 1 nitrogen and oxygen atoms in total. The average molecular weight is 186 g/mol. The molecule has 1 fully saturated rings. The SMILES string of the molecule is CC1(C)C(=O)C2CC2c2ccccc21. The predicted molar refractivity (Wildman–Crippen MR) is 55.3 cm³/mol. The Labute approximate surface area is 84.1 Å². The Balaban J connectivity index is 2.25. The van der Waals surface area contributed by atoms with Crippen molar-refractivity contribution < 1.29 is 4.79 Å². The molecule has 0 saturated heterocycles. The number of ketones is 1. The molecule has 72 valence electrons. The maximum Gasteiger partial charge on any atom is 0.146 e. The summed E-state index contributed by atoms with van der Waals surface area (Å²) in [4.78, 5) is 12.1. The van der Waals surface area contributed by atoms with Crippen molar-refractivity contribution in [3.8, 4) is 0 Å². The van der Waals surface area contributed by atoms with Crippen LogP contribution in [0.5, 0.6) is 0 Å². The molecule has 0 radical (unpaired) electrons. The topological polar surface area (TPSA) is 17.1 Å². The minimum atomic E-state index is -0.256. The summed E-state index contributed by atoms with van der Waals surface area (Å²) in [6, 6.07) is 8.42. The van der Waals surface area contributed by atoms with E-state index < -0.39 is 0 Å². The lowest BCUT2D eigenvalue weighted by molar-refractivity contribution is -0.125. The molecule has 0 bridgehead atoms. The normalized spacial score (nSPS) is 32.0. The van der Waals surface area contributed by atoms with Crippen LogP contribution in [0.2, 0.25) is 0 Å². The molecule has 2 aliphatic carbocycles. The zero-order valence-corrected chi connectivity index (χ0v) is 8.58. The van der Waals surface area contributed by atoms with E-state index >= 15 is 0 Å². The molecule has 1 aromatic rings. The molecule has 1 heteroatoms. The number of hydrogen-bond donors (Lipinski definition) is 0. The van der Waals surface area contributed by atoms with Gasteiger partial charge in [0.2, 0.25) is 0 Å². The van der Waals surface area contributed by atoms with Gasteiger partial charge in [0.05, 0.1) is 0 Å². The van der Waals surface area contributed by atoms with E-state index in [-0.39, 0.29) is 5.41 Å². The van der Waals surface area contributed by atoms with Gasteiger partial charge in [-0.2, -0.15) is 0 Å². The minimum absolute atomic E-state index is 0.256. The Kier molecular flexibility index (Phi) is 1.34. The van der Waals surface area contributed by atoms with Gasteiger partial charge in [-0.15, -0.1) is 0 Å². The van der Waals surface area contributed by atoms with E-state index in [2.05, 4.69) is 32.0 Å². The van der Waals surface area contributed by atoms with Crippen molar-refractivity contribution in [3.05, 3.63) is 35.4 Å². The van der Waals surface area contributed by atoms with Crippen LogP contribution >= 0.6 is 0 Å². The molecule has 1 saturated carbocycles. The lowest BCUT2D eigenvalue weighted by Gasteiger charge is -2.30. The number of carbonyl (C=O) groups is 1. The van der Waals surface area contributed by atoms with E-state index in [1.54, 1.807) is 0 Å². The Morgan fingerprint density at radius 3 is 2.71 bits per heavy atom. The summed E-state index contributed by atoms with van der Waals surface area (Å²) in [6.45, 7) is 4.12. The van der Waals surface area contributed by atoms with Crippen molar-refractivity contribution in [3.63, 3.8) is 0 Å². The molecule has 0 aromatic heterocycles. The van der Waals surface area contributed by atoms with Gasteiger partial charge in [0.15, 0.2) is 0 Å². The van der Waals surface area contributed by atoms with Gasteiger partial charge in [0.25, 0.3) is 0 Å². The number of fused-ring (bicyclic) bond motifs is 3. The summed E-state index contributed by atoms with van der Waals surface area (Å²) in [5.41, 5.74) is 2.42. The molecule has 2 aliphatic rings. The highest BCUT2D eigenvalue weighted by Gasteiger charge is 2.54. The van der Waals surface area contributed by atoms with Crippen LogP contribution in [0.1, 0.15) is 37.3 Å². The fourth-order valence-electron chi connectivity index (χ4n) is 2.81. The molecule has 3 rings (SSSR count). The number of Topliss-reactive ketones (excluding diaryl/α,β-unsaturated/α-hetero) is 1. The lowest BCUT2D eigenvalue weighted by Crippen LogP contribution is -2.34. The summed E-state index contributed by atoms with van der Waals surface area (Å²) in [5.74, 6) is 1.33. The average Bonchev–Trinajstić information content (AvgIpc) is 2.95. The Morgan fingerprint density at radius 1 is 1.21 bits per heavy atom. The largest absolute Gasteiger partial charge is 0.298 e. The maximum atomic E-state index is 12.1. The lowest BCUT2D eigenvalue weighted by atomic mass is 9.72. The van der Waals surface area contributed by atoms with Crippen LogP contribution in [-0.4, -0.2) is 5.78 Å². The number of carbonyl (C=O) groups excluding carboxylic acids is 1. The fraction of sp³-hybridized carbons (Fsp3) is 0.462. The fourth-order valence-corrected chi connectivity index (χ4v) is 2.81. The zero-order valence-electron chi connectivity index (χ0n) is 8.58. The predicted octanol–water partition coefficient (Wildman–Crippen LogP) is 2.65. The van der Waals surface area contributed by atoms with E-state index in [0.717, 1.165) is 6.42 Å². The monoisotopic (exact) mass is 186 g/mol. The molecular weight excluding hydrogens is 172 g/mol. The van der Waals surface area contributed by atoms with Gasteiger partial charge >= 0.3 is 0 Å². The molecule has 0 amide bonds. The molecule has 0 N–H and O–H groups in total. The van der Waals surface area contributed by atoms with Crippen LogP contribution < -0.4 is 0 Å². The number of hydrogen-bond acceptors (Lipinski definition) is 1. The molecular formula is C13H14O. The van der Waals surface area contributed by atoms with Gasteiger partial charge in [-0.05, 0) is 37.3 Å². The summed E-state index contributed by atoms with van der Waals surface area (Å²) in [5, 5.41) is 0. The third kappa shape index (κ3) is 0.827. The second kappa shape index (κ2) is 2.28. The summed E-state index contributed by atoms with van der Waals surface area (Å²) in [6.07, 6.45) is 1.08. The molecule has 2 atom stereocenters. The second-order valence-electron chi connectivity index (χ2n) is 5.03. The third-order valence-electron chi connectivity index (χ3n) is 3.78. The van der Waals surface area contributed by atoms with Crippen LogP contribution in [-0.2, 0) is 10.2 Å². The molecule has 0 aliphatic heterocycles. The first-order chi connectivity index (χ1) is 6.62. The van der Waals surface area contributed by atoms with E-state index in [4.69, 9.17) is 0 Å². The van der Waals surface area contributed by atoms with Crippen LogP contribution in [0, 0.1) is 5.92 Å². The van der Waals surface area contributed by atoms with Gasteiger partial charge in [-0.3, -0.25) is 4.79 Å². The highest BCUT2D eigenvalue weighted by molar-refractivity contribution is 5.96. The van der Waals surface area contributed by atoms with E-state index in [1.165, 1.54) is 11.1 Å². The Morgan fingerprint density at radius 2 is 1.93 bits per heavy atom. The van der Waals surface area contributed by atoms with Gasteiger partial charge < -0.3 is 0 Å². The van der Waals surface area contributed by atoms with Crippen molar-refractivity contribution in [1.82, 2.24) is 0 Å². The van der Waals surface area contributed by atoms with E-state index in [0.29, 0.717) is 17.6 Å². The highest BCUT2D eigenvalue weighted by atomic mass is 16.1. The number of rotatable bonds is 0. The first-order valence-electron chi connectivity index (χ1n) is 5.26. The highest BCUT2D eigenvalue weighted by Crippen LogP contribution is 2.57. The van der Waals surface area contributed by atoms with Crippen LogP contribution in [0.25, 0.3) is 0 Å². The van der Waals surface area contributed by atoms with Gasteiger partial charge in [-0.25, -0.2) is 0 Å². The molecule has 0 heterocycles. The van der Waals surface area contributed by atoms with Crippen molar-refractivity contribution in [2.75, 3.05) is 0 Å². The first kappa shape index (κ1) is 8.22. The molecule has 14 heavy (non-hydrogen) atoms. The van der Waals surface area contributed by atoms with E-state index in [1.807, 2.05) is 6.07 Å². The van der Waals surface area contributed by atoms with Crippen molar-refractivity contribution in [2.24, 2.45) is 5.92 Å². The standard InChI is InChI=1S/C13H14O/c1-13(2)11-6-4-3-5-8(11)9-7-10(9)12(13)14/h3-6,9-10H,7H2,1-2H3. The summed E-state index contributed by atoms with van der Waals surface area (Å²) < 4.78 is 0. The van der Waals surface area contributed by atoms with Crippen molar-refractivity contribution in [2.45, 2.75) is 31.6 Å². The zero-order chi connectivity index (χ0) is 9.92. The van der Waals surface area contributed by atoms with Gasteiger partial charge in [0, 0.05) is 11.3 Å². The quantitative estimate of drug-likeness (QED) is 0.608. The first-order valence-corrected chi connectivity index (χ1v) is 5.26. The number of benzene rings is 1. The van der Waals surface area contributed by atoms with E-state index in [9.17, 15) is 4.79 Å². The van der Waals surface area contributed by atoms with Crippen molar-refractivity contribution in [1.29, 1.82) is 0 Å². The summed E-state index contributed by atoms with van der Waals surface area (Å²) in [7, 11) is 0. The Hall–Kier alpha value is -1.11. The smallest absolute Gasteiger partial charge is 0.146 e. The van der Waals surface area contributed by atoms with Crippen LogP contribution in [0.4, 0.5) is 0 Å². The van der Waals surface area contributed by atoms with Crippen LogP contribution in [0.15, 0.2) is 24.3 Å². The van der Waals surface area contributed by atoms with Gasteiger partial charge in [0.1, 0.15) is 5.78 Å². The van der Waals surface area contributed by atoms with Crippen LogP contribution in [0.3, 0.4) is 0 Å². The van der Waals surface area contributed by atoms with Crippen molar-refractivity contribution >= 4 is 5.78 Å². The minimum Gasteiger partial charge on any atom is -0.298 e. The third-order valence-corrected chi connectivity index (χ3v) is 3.78. The summed E-state index contributed by atoms with van der Waals surface area (Å²) >= 11 is 0. The second-order valence-corrected chi connectivity index (χ2v) is 5.03. The Bertz CT molecular complexity index is 417. The maximum absolute atomic E-state index is 12.1. The molecule has 1 aromatic carbocycles.